The van der Waals surface area contributed by atoms with E-state index in [0.717, 1.165) is 12.0 Å². The lowest BCUT2D eigenvalue weighted by Gasteiger charge is -2.28. The standard InChI is InChI=1S/C21H24Cl2N2O3/c1-3-11-24-21(27)15(2)25(13-16-5-4-6-18(23)12-16)20(26)14-28-19-9-7-17(22)8-10-19/h4-10,12,15H,3,11,13-14H2,1-2H3,(H,24,27)/t15-/m0/s1. The molecule has 0 saturated heterocycles. The van der Waals surface area contributed by atoms with Crippen molar-refractivity contribution in [2.75, 3.05) is 13.2 Å². The summed E-state index contributed by atoms with van der Waals surface area (Å²) in [6.07, 6.45) is 0.820. The summed E-state index contributed by atoms with van der Waals surface area (Å²) in [5.41, 5.74) is 0.836. The van der Waals surface area contributed by atoms with Gasteiger partial charge in [0.1, 0.15) is 11.8 Å². The van der Waals surface area contributed by atoms with Crippen molar-refractivity contribution in [3.8, 4) is 5.75 Å². The van der Waals surface area contributed by atoms with E-state index in [1.165, 1.54) is 4.90 Å². The second-order valence-electron chi connectivity index (χ2n) is 6.36. The molecule has 5 nitrogen and oxygen atoms in total. The maximum atomic E-state index is 12.9. The molecule has 0 bridgehead atoms. The van der Waals surface area contributed by atoms with Gasteiger partial charge in [0.05, 0.1) is 0 Å². The minimum atomic E-state index is -0.646. The van der Waals surface area contributed by atoms with Gasteiger partial charge in [-0.1, -0.05) is 42.3 Å². The summed E-state index contributed by atoms with van der Waals surface area (Å²) in [6.45, 7) is 4.30. The van der Waals surface area contributed by atoms with Crippen LogP contribution < -0.4 is 10.1 Å². The number of halogens is 2. The predicted octanol–water partition coefficient (Wildman–Crippen LogP) is 4.32. The van der Waals surface area contributed by atoms with E-state index in [-0.39, 0.29) is 25.0 Å². The average Bonchev–Trinajstić information content (AvgIpc) is 2.69. The molecule has 0 spiro atoms. The van der Waals surface area contributed by atoms with Crippen LogP contribution in [0, 0.1) is 0 Å². The average molecular weight is 423 g/mol. The highest BCUT2D eigenvalue weighted by molar-refractivity contribution is 6.30. The van der Waals surface area contributed by atoms with Crippen LogP contribution in [0.25, 0.3) is 0 Å². The summed E-state index contributed by atoms with van der Waals surface area (Å²) in [4.78, 5) is 26.8. The minimum Gasteiger partial charge on any atom is -0.484 e. The number of carbonyl (C=O) groups excluding carboxylic acids is 2. The van der Waals surface area contributed by atoms with Crippen LogP contribution in [-0.2, 0) is 16.1 Å². The molecule has 0 aromatic heterocycles. The van der Waals surface area contributed by atoms with Crippen molar-refractivity contribution < 1.29 is 14.3 Å². The fourth-order valence-electron chi connectivity index (χ4n) is 2.57. The highest BCUT2D eigenvalue weighted by Crippen LogP contribution is 2.17. The molecule has 28 heavy (non-hydrogen) atoms. The van der Waals surface area contributed by atoms with E-state index in [2.05, 4.69) is 5.32 Å². The maximum Gasteiger partial charge on any atom is 0.261 e. The molecule has 2 aromatic carbocycles. The van der Waals surface area contributed by atoms with E-state index in [0.29, 0.717) is 22.3 Å². The largest absolute Gasteiger partial charge is 0.484 e. The fourth-order valence-corrected chi connectivity index (χ4v) is 2.91. The highest BCUT2D eigenvalue weighted by Gasteiger charge is 2.26. The summed E-state index contributed by atoms with van der Waals surface area (Å²) in [7, 11) is 0. The van der Waals surface area contributed by atoms with Crippen molar-refractivity contribution in [1.82, 2.24) is 10.2 Å². The monoisotopic (exact) mass is 422 g/mol. The Kier molecular flexibility index (Phi) is 8.61. The Balaban J connectivity index is 2.12. The zero-order valence-electron chi connectivity index (χ0n) is 16.0. The third kappa shape index (κ3) is 6.73. The molecule has 1 atom stereocenters. The molecule has 0 radical (unpaired) electrons. The van der Waals surface area contributed by atoms with Crippen molar-refractivity contribution in [1.29, 1.82) is 0 Å². The quantitative estimate of drug-likeness (QED) is 0.654. The molecular weight excluding hydrogens is 399 g/mol. The fraction of sp³-hybridized carbons (Fsp3) is 0.333. The van der Waals surface area contributed by atoms with Crippen LogP contribution in [0.4, 0.5) is 0 Å². The van der Waals surface area contributed by atoms with Crippen LogP contribution in [0.3, 0.4) is 0 Å². The number of nitrogens with one attached hydrogen (secondary N) is 1. The third-order valence-electron chi connectivity index (χ3n) is 4.13. The van der Waals surface area contributed by atoms with Crippen LogP contribution in [0.2, 0.25) is 10.0 Å². The van der Waals surface area contributed by atoms with Crippen molar-refractivity contribution >= 4 is 35.0 Å². The van der Waals surface area contributed by atoms with Crippen LogP contribution in [0.5, 0.6) is 5.75 Å². The smallest absolute Gasteiger partial charge is 0.261 e. The van der Waals surface area contributed by atoms with Gasteiger partial charge in [-0.25, -0.2) is 0 Å². The summed E-state index contributed by atoms with van der Waals surface area (Å²) >= 11 is 11.9. The van der Waals surface area contributed by atoms with Gasteiger partial charge in [0.2, 0.25) is 5.91 Å². The van der Waals surface area contributed by atoms with Gasteiger partial charge in [0.25, 0.3) is 5.91 Å². The van der Waals surface area contributed by atoms with Crippen LogP contribution in [-0.4, -0.2) is 35.9 Å². The summed E-state index contributed by atoms with van der Waals surface area (Å²) in [5.74, 6) is 0.0290. The molecule has 0 saturated carbocycles. The van der Waals surface area contributed by atoms with Gasteiger partial charge >= 0.3 is 0 Å². The third-order valence-corrected chi connectivity index (χ3v) is 4.62. The molecule has 7 heteroatoms. The number of carbonyl (C=O) groups is 2. The van der Waals surface area contributed by atoms with Crippen LogP contribution in [0.1, 0.15) is 25.8 Å². The van der Waals surface area contributed by atoms with Crippen molar-refractivity contribution in [2.24, 2.45) is 0 Å². The number of hydrogen-bond acceptors (Lipinski definition) is 3. The molecule has 0 aliphatic rings. The maximum absolute atomic E-state index is 12.9. The molecule has 0 aliphatic heterocycles. The number of ether oxygens (including phenoxy) is 1. The number of nitrogens with zero attached hydrogens (tertiary/aromatic N) is 1. The number of hydrogen-bond donors (Lipinski definition) is 1. The molecule has 0 aliphatic carbocycles. The van der Waals surface area contributed by atoms with E-state index in [4.69, 9.17) is 27.9 Å². The second-order valence-corrected chi connectivity index (χ2v) is 7.23. The zero-order chi connectivity index (χ0) is 20.5. The Morgan fingerprint density at radius 2 is 1.82 bits per heavy atom. The van der Waals surface area contributed by atoms with Crippen LogP contribution >= 0.6 is 23.2 Å². The normalized spacial score (nSPS) is 11.6. The number of benzene rings is 2. The molecule has 0 unspecified atom stereocenters. The first-order chi connectivity index (χ1) is 13.4. The summed E-state index contributed by atoms with van der Waals surface area (Å²) in [5, 5.41) is 3.99. The van der Waals surface area contributed by atoms with Gasteiger partial charge in [0.15, 0.2) is 6.61 Å². The van der Waals surface area contributed by atoms with E-state index in [9.17, 15) is 9.59 Å². The van der Waals surface area contributed by atoms with Gasteiger partial charge in [-0.2, -0.15) is 0 Å². The Hall–Kier alpha value is -2.24. The van der Waals surface area contributed by atoms with Gasteiger partial charge in [0, 0.05) is 23.1 Å². The number of rotatable bonds is 9. The van der Waals surface area contributed by atoms with E-state index < -0.39 is 6.04 Å². The van der Waals surface area contributed by atoms with E-state index >= 15 is 0 Å². The first-order valence-electron chi connectivity index (χ1n) is 9.10. The molecule has 2 rings (SSSR count). The second kappa shape index (κ2) is 10.9. The Morgan fingerprint density at radius 3 is 2.46 bits per heavy atom. The van der Waals surface area contributed by atoms with Gasteiger partial charge < -0.3 is 15.0 Å². The summed E-state index contributed by atoms with van der Waals surface area (Å²) in [6, 6.07) is 13.3. The molecule has 150 valence electrons. The lowest BCUT2D eigenvalue weighted by atomic mass is 10.1. The van der Waals surface area contributed by atoms with Crippen molar-refractivity contribution in [2.45, 2.75) is 32.9 Å². The van der Waals surface area contributed by atoms with E-state index in [1.807, 2.05) is 19.1 Å². The highest BCUT2D eigenvalue weighted by atomic mass is 35.5. The molecule has 2 amide bonds. The van der Waals surface area contributed by atoms with Crippen LogP contribution in [0.15, 0.2) is 48.5 Å². The lowest BCUT2D eigenvalue weighted by molar-refractivity contribution is -0.142. The molecule has 0 fully saturated rings. The molecule has 0 heterocycles. The molecule has 1 N–H and O–H groups in total. The summed E-state index contributed by atoms with van der Waals surface area (Å²) < 4.78 is 5.57. The van der Waals surface area contributed by atoms with Gasteiger partial charge in [-0.15, -0.1) is 0 Å². The topological polar surface area (TPSA) is 58.6 Å². The Bertz CT molecular complexity index is 796. The van der Waals surface area contributed by atoms with Gasteiger partial charge in [-0.3, -0.25) is 9.59 Å². The number of amides is 2. The SMILES string of the molecule is CCCNC(=O)[C@H](C)N(Cc1cccc(Cl)c1)C(=O)COc1ccc(Cl)cc1. The first kappa shape index (κ1) is 22.1. The van der Waals surface area contributed by atoms with Gasteiger partial charge in [-0.05, 0) is 55.3 Å². The first-order valence-corrected chi connectivity index (χ1v) is 9.86. The van der Waals surface area contributed by atoms with E-state index in [1.54, 1.807) is 43.3 Å². The zero-order valence-corrected chi connectivity index (χ0v) is 17.5. The lowest BCUT2D eigenvalue weighted by Crippen LogP contribution is -2.49. The molecule has 2 aromatic rings. The van der Waals surface area contributed by atoms with Crippen molar-refractivity contribution in [3.05, 3.63) is 64.1 Å². The molecular formula is C21H24Cl2N2O3. The van der Waals surface area contributed by atoms with Crippen molar-refractivity contribution in [3.63, 3.8) is 0 Å². The predicted molar refractivity (Wildman–Crippen MR) is 112 cm³/mol. The Morgan fingerprint density at radius 1 is 1.11 bits per heavy atom. The minimum absolute atomic E-state index is 0.187. The Labute approximate surface area is 175 Å².